The van der Waals surface area contributed by atoms with Gasteiger partial charge in [-0.1, -0.05) is 12.1 Å². The molecule has 0 aliphatic rings. The molecule has 2 aromatic rings. The first-order valence-corrected chi connectivity index (χ1v) is 5.90. The molecule has 0 fully saturated rings. The van der Waals surface area contributed by atoms with Crippen molar-refractivity contribution in [3.05, 3.63) is 65.2 Å². The Morgan fingerprint density at radius 1 is 1.11 bits per heavy atom. The molecule has 0 saturated carbocycles. The smallest absolute Gasteiger partial charge is 0.126 e. The highest BCUT2D eigenvalue weighted by Gasteiger charge is 2.23. The van der Waals surface area contributed by atoms with Crippen LogP contribution >= 0.6 is 0 Å². The van der Waals surface area contributed by atoms with Crippen molar-refractivity contribution in [3.63, 3.8) is 0 Å². The third-order valence-corrected chi connectivity index (χ3v) is 3.00. The molecule has 0 radical (unpaired) electrons. The molecule has 0 aliphatic heterocycles. The van der Waals surface area contributed by atoms with Crippen LogP contribution in [-0.2, 0) is 12.0 Å². The van der Waals surface area contributed by atoms with Crippen LogP contribution < -0.4 is 5.73 Å². The molecule has 0 heterocycles. The van der Waals surface area contributed by atoms with Gasteiger partial charge < -0.3 is 10.8 Å². The third-order valence-electron chi connectivity index (χ3n) is 3.00. The minimum absolute atomic E-state index is 0.138. The Kier molecular flexibility index (Phi) is 3.53. The summed E-state index contributed by atoms with van der Waals surface area (Å²) in [5.74, 6) is -1.16. The summed E-state index contributed by atoms with van der Waals surface area (Å²) < 4.78 is 26.5. The van der Waals surface area contributed by atoms with Crippen LogP contribution in [0.1, 0.15) is 18.1 Å². The van der Waals surface area contributed by atoms with Gasteiger partial charge in [-0.25, -0.2) is 8.78 Å². The summed E-state index contributed by atoms with van der Waals surface area (Å²) in [5.41, 5.74) is 6.41. The summed E-state index contributed by atoms with van der Waals surface area (Å²) in [6.45, 7) is 1.70. The summed E-state index contributed by atoms with van der Waals surface area (Å²) in [6.07, 6.45) is 0.365. The number of phenolic OH excluding ortho intramolecular Hbond substituents is 1. The SMILES string of the molecule is CC(N)(Cc1cccc(O)c1)c1cc(F)cc(F)c1. The van der Waals surface area contributed by atoms with Crippen molar-refractivity contribution in [2.45, 2.75) is 18.9 Å². The Labute approximate surface area is 110 Å². The van der Waals surface area contributed by atoms with E-state index in [-0.39, 0.29) is 5.75 Å². The normalized spacial score (nSPS) is 14.1. The zero-order valence-corrected chi connectivity index (χ0v) is 10.5. The second-order valence-electron chi connectivity index (χ2n) is 4.92. The van der Waals surface area contributed by atoms with Gasteiger partial charge in [0, 0.05) is 11.6 Å². The van der Waals surface area contributed by atoms with Crippen LogP contribution in [0.25, 0.3) is 0 Å². The predicted octanol–water partition coefficient (Wildman–Crippen LogP) is 3.09. The van der Waals surface area contributed by atoms with E-state index in [9.17, 15) is 13.9 Å². The molecule has 0 saturated heterocycles. The molecule has 1 atom stereocenters. The average molecular weight is 263 g/mol. The number of benzene rings is 2. The first kappa shape index (κ1) is 13.5. The highest BCUT2D eigenvalue weighted by molar-refractivity contribution is 5.32. The van der Waals surface area contributed by atoms with Crippen molar-refractivity contribution in [3.8, 4) is 5.75 Å². The van der Waals surface area contributed by atoms with E-state index in [0.717, 1.165) is 11.6 Å². The van der Waals surface area contributed by atoms with E-state index >= 15 is 0 Å². The lowest BCUT2D eigenvalue weighted by atomic mass is 9.86. The van der Waals surface area contributed by atoms with Gasteiger partial charge in [-0.3, -0.25) is 0 Å². The van der Waals surface area contributed by atoms with E-state index in [1.807, 2.05) is 0 Å². The zero-order valence-electron chi connectivity index (χ0n) is 10.5. The Hall–Kier alpha value is -1.94. The lowest BCUT2D eigenvalue weighted by Crippen LogP contribution is -2.35. The minimum atomic E-state index is -0.920. The third kappa shape index (κ3) is 3.29. The Morgan fingerprint density at radius 3 is 2.32 bits per heavy atom. The van der Waals surface area contributed by atoms with Crippen LogP contribution in [0.15, 0.2) is 42.5 Å². The highest BCUT2D eigenvalue weighted by Crippen LogP contribution is 2.25. The van der Waals surface area contributed by atoms with Gasteiger partial charge in [-0.2, -0.15) is 0 Å². The maximum absolute atomic E-state index is 13.2. The number of aromatic hydroxyl groups is 1. The summed E-state index contributed by atoms with van der Waals surface area (Å²) in [6, 6.07) is 9.92. The number of halogens is 2. The van der Waals surface area contributed by atoms with Gasteiger partial charge in [0.25, 0.3) is 0 Å². The molecule has 2 aromatic carbocycles. The Bertz CT molecular complexity index is 576. The molecule has 2 rings (SSSR count). The van der Waals surface area contributed by atoms with Crippen LogP contribution in [0.4, 0.5) is 8.78 Å². The first-order chi connectivity index (χ1) is 8.87. The van der Waals surface area contributed by atoms with Gasteiger partial charge in [0.2, 0.25) is 0 Å². The molecule has 0 aliphatic carbocycles. The van der Waals surface area contributed by atoms with Crippen LogP contribution in [0.3, 0.4) is 0 Å². The van der Waals surface area contributed by atoms with E-state index in [0.29, 0.717) is 12.0 Å². The summed E-state index contributed by atoms with van der Waals surface area (Å²) >= 11 is 0. The van der Waals surface area contributed by atoms with Gasteiger partial charge in [-0.05, 0) is 48.7 Å². The van der Waals surface area contributed by atoms with Gasteiger partial charge in [0.05, 0.1) is 0 Å². The number of nitrogens with two attached hydrogens (primary N) is 1. The van der Waals surface area contributed by atoms with Crippen LogP contribution in [0.5, 0.6) is 5.75 Å². The van der Waals surface area contributed by atoms with Crippen LogP contribution in [-0.4, -0.2) is 5.11 Å². The van der Waals surface area contributed by atoms with Crippen molar-refractivity contribution in [2.24, 2.45) is 5.73 Å². The molecule has 100 valence electrons. The Balaban J connectivity index is 2.31. The maximum atomic E-state index is 13.2. The highest BCUT2D eigenvalue weighted by atomic mass is 19.1. The second-order valence-corrected chi connectivity index (χ2v) is 4.92. The molecule has 0 aromatic heterocycles. The van der Waals surface area contributed by atoms with E-state index < -0.39 is 17.2 Å². The maximum Gasteiger partial charge on any atom is 0.126 e. The fourth-order valence-corrected chi connectivity index (χ4v) is 2.08. The quantitative estimate of drug-likeness (QED) is 0.894. The van der Waals surface area contributed by atoms with Crippen molar-refractivity contribution in [1.29, 1.82) is 0 Å². The summed E-state index contributed by atoms with van der Waals surface area (Å²) in [5, 5.41) is 9.41. The average Bonchev–Trinajstić information content (AvgIpc) is 2.26. The van der Waals surface area contributed by atoms with E-state index in [1.165, 1.54) is 12.1 Å². The van der Waals surface area contributed by atoms with E-state index in [2.05, 4.69) is 0 Å². The van der Waals surface area contributed by atoms with E-state index in [4.69, 9.17) is 5.73 Å². The predicted molar refractivity (Wildman–Crippen MR) is 69.7 cm³/mol. The second kappa shape index (κ2) is 4.97. The number of hydrogen-bond donors (Lipinski definition) is 2. The topological polar surface area (TPSA) is 46.2 Å². The fraction of sp³-hybridized carbons (Fsp3) is 0.200. The molecule has 4 heteroatoms. The molecular formula is C15H15F2NO. The van der Waals surface area contributed by atoms with Crippen molar-refractivity contribution < 1.29 is 13.9 Å². The fourth-order valence-electron chi connectivity index (χ4n) is 2.08. The minimum Gasteiger partial charge on any atom is -0.508 e. The van der Waals surface area contributed by atoms with Crippen LogP contribution in [0.2, 0.25) is 0 Å². The van der Waals surface area contributed by atoms with Crippen molar-refractivity contribution in [1.82, 2.24) is 0 Å². The Morgan fingerprint density at radius 2 is 1.74 bits per heavy atom. The van der Waals surface area contributed by atoms with Crippen molar-refractivity contribution in [2.75, 3.05) is 0 Å². The lowest BCUT2D eigenvalue weighted by molar-refractivity contribution is 0.464. The standard InChI is InChI=1S/C15H15F2NO/c1-15(18,9-10-3-2-4-14(19)5-10)11-6-12(16)8-13(17)7-11/h2-8,19H,9,18H2,1H3. The van der Waals surface area contributed by atoms with Crippen LogP contribution in [0, 0.1) is 11.6 Å². The van der Waals surface area contributed by atoms with Gasteiger partial charge in [-0.15, -0.1) is 0 Å². The van der Waals surface area contributed by atoms with Crippen molar-refractivity contribution >= 4 is 0 Å². The molecule has 3 N–H and O–H groups in total. The first-order valence-electron chi connectivity index (χ1n) is 5.90. The number of rotatable bonds is 3. The zero-order chi connectivity index (χ0) is 14.0. The van der Waals surface area contributed by atoms with Gasteiger partial charge in [0.15, 0.2) is 0 Å². The molecule has 0 bridgehead atoms. The molecule has 2 nitrogen and oxygen atoms in total. The largest absolute Gasteiger partial charge is 0.508 e. The number of hydrogen-bond acceptors (Lipinski definition) is 2. The molecule has 1 unspecified atom stereocenters. The monoisotopic (exact) mass is 263 g/mol. The van der Waals surface area contributed by atoms with E-state index in [1.54, 1.807) is 31.2 Å². The lowest BCUT2D eigenvalue weighted by Gasteiger charge is -2.25. The summed E-state index contributed by atoms with van der Waals surface area (Å²) in [4.78, 5) is 0. The molecule has 0 amide bonds. The molecular weight excluding hydrogens is 248 g/mol. The summed E-state index contributed by atoms with van der Waals surface area (Å²) in [7, 11) is 0. The van der Waals surface area contributed by atoms with Gasteiger partial charge >= 0.3 is 0 Å². The van der Waals surface area contributed by atoms with Gasteiger partial charge in [0.1, 0.15) is 17.4 Å². The molecule has 0 spiro atoms. The number of phenols is 1. The molecule has 19 heavy (non-hydrogen) atoms.